The number of hydrogen-bond donors (Lipinski definition) is 1. The molecule has 0 fully saturated rings. The van der Waals surface area contributed by atoms with Crippen molar-refractivity contribution >= 4 is 40.6 Å². The fourth-order valence-corrected chi connectivity index (χ4v) is 4.01. The van der Waals surface area contributed by atoms with E-state index in [2.05, 4.69) is 5.32 Å². The topological polar surface area (TPSA) is 61.9 Å². The Morgan fingerprint density at radius 3 is 1.37 bits per heavy atom. The first kappa shape index (κ1) is 24.3. The van der Waals surface area contributed by atoms with Gasteiger partial charge in [-0.05, 0) is 60.7 Å². The van der Waals surface area contributed by atoms with Crippen LogP contribution in [0.25, 0.3) is 0 Å². The molecule has 0 unspecified atom stereocenters. The van der Waals surface area contributed by atoms with Crippen molar-refractivity contribution in [3.8, 4) is 5.75 Å². The van der Waals surface area contributed by atoms with Gasteiger partial charge in [0, 0.05) is 11.8 Å². The number of nitrogens with zero attached hydrogens (tertiary/aromatic N) is 2. The van der Waals surface area contributed by atoms with Gasteiger partial charge in [0.25, 0.3) is 0 Å². The summed E-state index contributed by atoms with van der Waals surface area (Å²) in [4.78, 5) is 29.8. The zero-order valence-corrected chi connectivity index (χ0v) is 20.5. The predicted octanol–water partition coefficient (Wildman–Crippen LogP) is 8.39. The van der Waals surface area contributed by atoms with Gasteiger partial charge in [0.15, 0.2) is 0 Å². The summed E-state index contributed by atoms with van der Waals surface area (Å²) in [6, 6.07) is 43.8. The number of urea groups is 1. The van der Waals surface area contributed by atoms with E-state index in [1.54, 1.807) is 29.2 Å². The van der Waals surface area contributed by atoms with Crippen LogP contribution in [0.15, 0.2) is 146 Å². The van der Waals surface area contributed by atoms with Crippen molar-refractivity contribution in [1.29, 1.82) is 0 Å². The summed E-state index contributed by atoms with van der Waals surface area (Å²) in [6.45, 7) is 0. The van der Waals surface area contributed by atoms with E-state index in [-0.39, 0.29) is 6.03 Å². The van der Waals surface area contributed by atoms with Gasteiger partial charge in [0.2, 0.25) is 0 Å². The van der Waals surface area contributed by atoms with Gasteiger partial charge in [0.1, 0.15) is 5.75 Å². The average molecular weight is 500 g/mol. The largest absolute Gasteiger partial charge is 0.424 e. The maximum absolute atomic E-state index is 13.4. The number of benzene rings is 5. The molecule has 0 bridgehead atoms. The van der Waals surface area contributed by atoms with E-state index in [1.165, 1.54) is 4.90 Å². The summed E-state index contributed by atoms with van der Waals surface area (Å²) in [5.74, 6) is 0.302. The number of anilines is 5. The van der Waals surface area contributed by atoms with Crippen LogP contribution in [0, 0.1) is 0 Å². The lowest BCUT2D eigenvalue weighted by Crippen LogP contribution is -2.31. The van der Waals surface area contributed by atoms with E-state index in [1.807, 2.05) is 121 Å². The van der Waals surface area contributed by atoms with E-state index in [4.69, 9.17) is 4.74 Å². The second-order valence-corrected chi connectivity index (χ2v) is 8.34. The fraction of sp³-hybridized carbons (Fsp3) is 0. The summed E-state index contributed by atoms with van der Waals surface area (Å²) in [6.07, 6.45) is -0.568. The van der Waals surface area contributed by atoms with Crippen LogP contribution in [0.4, 0.5) is 38.0 Å². The summed E-state index contributed by atoms with van der Waals surface area (Å²) in [7, 11) is 0. The van der Waals surface area contributed by atoms with Crippen molar-refractivity contribution in [2.24, 2.45) is 0 Å². The van der Waals surface area contributed by atoms with Crippen LogP contribution in [0.2, 0.25) is 0 Å². The molecule has 0 aliphatic carbocycles. The third-order valence-corrected chi connectivity index (χ3v) is 5.73. The van der Waals surface area contributed by atoms with Gasteiger partial charge in [0.05, 0.1) is 22.7 Å². The molecular formula is C32H25N3O3. The summed E-state index contributed by atoms with van der Waals surface area (Å²) < 4.78 is 5.76. The molecule has 186 valence electrons. The summed E-state index contributed by atoms with van der Waals surface area (Å²) >= 11 is 0. The maximum Gasteiger partial charge on any atom is 0.424 e. The highest BCUT2D eigenvalue weighted by molar-refractivity contribution is 6.07. The lowest BCUT2D eigenvalue weighted by Gasteiger charge is -2.24. The second kappa shape index (κ2) is 11.6. The normalized spacial score (nSPS) is 10.3. The number of rotatable bonds is 6. The van der Waals surface area contributed by atoms with Gasteiger partial charge in [-0.15, -0.1) is 0 Å². The van der Waals surface area contributed by atoms with Gasteiger partial charge >= 0.3 is 12.1 Å². The predicted molar refractivity (Wildman–Crippen MR) is 152 cm³/mol. The minimum Gasteiger partial charge on any atom is -0.410 e. The molecule has 5 aromatic rings. The standard InChI is InChI=1S/C32H25N3O3/c36-31(34(26-15-5-1-6-16-26)27-17-7-2-8-18-27)33-25-14-13-23-30(24-25)38-32(37)35(28-19-9-3-10-20-28)29-21-11-4-12-22-29/h1-24H,(H,33,36). The Kier molecular flexibility index (Phi) is 7.42. The summed E-state index contributed by atoms with van der Waals surface area (Å²) in [5.41, 5.74) is 3.28. The highest BCUT2D eigenvalue weighted by Crippen LogP contribution is 2.29. The minimum absolute atomic E-state index is 0.302. The van der Waals surface area contributed by atoms with E-state index in [9.17, 15) is 9.59 Å². The molecule has 3 amide bonds. The molecule has 0 heterocycles. The van der Waals surface area contributed by atoms with Crippen LogP contribution >= 0.6 is 0 Å². The average Bonchev–Trinajstić information content (AvgIpc) is 2.96. The number of carbonyl (C=O) groups excluding carboxylic acids is 2. The molecule has 38 heavy (non-hydrogen) atoms. The van der Waals surface area contributed by atoms with Crippen molar-refractivity contribution in [1.82, 2.24) is 0 Å². The monoisotopic (exact) mass is 499 g/mol. The highest BCUT2D eigenvalue weighted by atomic mass is 16.6. The number of ether oxygens (including phenoxy) is 1. The van der Waals surface area contributed by atoms with Crippen LogP contribution in [0.5, 0.6) is 5.75 Å². The molecule has 0 aromatic heterocycles. The zero-order valence-electron chi connectivity index (χ0n) is 20.5. The zero-order chi connectivity index (χ0) is 26.2. The Balaban J connectivity index is 1.37. The highest BCUT2D eigenvalue weighted by Gasteiger charge is 2.21. The first-order valence-corrected chi connectivity index (χ1v) is 12.1. The second-order valence-electron chi connectivity index (χ2n) is 8.34. The van der Waals surface area contributed by atoms with Gasteiger partial charge < -0.3 is 10.1 Å². The molecule has 6 heteroatoms. The SMILES string of the molecule is O=C(Nc1cccc(OC(=O)N(c2ccccc2)c2ccccc2)c1)N(c1ccccc1)c1ccccc1. The molecule has 5 rings (SSSR count). The van der Waals surface area contributed by atoms with Crippen LogP contribution < -0.4 is 19.9 Å². The van der Waals surface area contributed by atoms with Crippen LogP contribution in [-0.2, 0) is 0 Å². The third-order valence-electron chi connectivity index (χ3n) is 5.73. The van der Waals surface area contributed by atoms with Crippen molar-refractivity contribution in [3.05, 3.63) is 146 Å². The number of para-hydroxylation sites is 4. The molecule has 0 aliphatic heterocycles. The molecular weight excluding hydrogens is 474 g/mol. The van der Waals surface area contributed by atoms with Crippen molar-refractivity contribution < 1.29 is 14.3 Å². The Bertz CT molecular complexity index is 1300. The number of carbonyl (C=O) groups is 2. The van der Waals surface area contributed by atoms with Crippen molar-refractivity contribution in [3.63, 3.8) is 0 Å². The lowest BCUT2D eigenvalue weighted by molar-refractivity contribution is 0.210. The van der Waals surface area contributed by atoms with Gasteiger partial charge in [-0.3, -0.25) is 4.90 Å². The summed E-state index contributed by atoms with van der Waals surface area (Å²) in [5, 5.41) is 2.93. The van der Waals surface area contributed by atoms with E-state index < -0.39 is 6.09 Å². The number of nitrogens with one attached hydrogen (secondary N) is 1. The molecule has 0 saturated carbocycles. The van der Waals surface area contributed by atoms with Crippen LogP contribution in [0.3, 0.4) is 0 Å². The quantitative estimate of drug-likeness (QED) is 0.255. The molecule has 0 aliphatic rings. The van der Waals surface area contributed by atoms with Crippen molar-refractivity contribution in [2.75, 3.05) is 15.1 Å². The van der Waals surface area contributed by atoms with Crippen LogP contribution in [0.1, 0.15) is 0 Å². The molecule has 5 aromatic carbocycles. The first-order valence-electron chi connectivity index (χ1n) is 12.1. The van der Waals surface area contributed by atoms with Crippen LogP contribution in [-0.4, -0.2) is 12.1 Å². The molecule has 6 nitrogen and oxygen atoms in total. The Morgan fingerprint density at radius 1 is 0.500 bits per heavy atom. The minimum atomic E-state index is -0.568. The Hall–Kier alpha value is -5.36. The molecule has 0 saturated heterocycles. The van der Waals surface area contributed by atoms with Gasteiger partial charge in [-0.2, -0.15) is 0 Å². The smallest absolute Gasteiger partial charge is 0.410 e. The van der Waals surface area contributed by atoms with E-state index >= 15 is 0 Å². The Labute approximate surface area is 221 Å². The molecule has 0 radical (unpaired) electrons. The molecule has 0 atom stereocenters. The number of amides is 3. The Morgan fingerprint density at radius 2 is 0.921 bits per heavy atom. The van der Waals surface area contributed by atoms with Gasteiger partial charge in [-0.25, -0.2) is 14.5 Å². The number of hydrogen-bond acceptors (Lipinski definition) is 3. The fourth-order valence-electron chi connectivity index (χ4n) is 4.01. The lowest BCUT2D eigenvalue weighted by atomic mass is 10.2. The maximum atomic E-state index is 13.4. The van der Waals surface area contributed by atoms with Crippen molar-refractivity contribution in [2.45, 2.75) is 0 Å². The first-order chi connectivity index (χ1) is 18.7. The third kappa shape index (κ3) is 5.71. The van der Waals surface area contributed by atoms with Gasteiger partial charge in [-0.1, -0.05) is 78.9 Å². The van der Waals surface area contributed by atoms with E-state index in [0.29, 0.717) is 22.8 Å². The molecule has 1 N–H and O–H groups in total. The molecule has 0 spiro atoms. The van der Waals surface area contributed by atoms with E-state index in [0.717, 1.165) is 11.4 Å².